The molecule has 0 aliphatic carbocycles. The first kappa shape index (κ1) is 19.3. The normalized spacial score (nSPS) is 10.9. The second kappa shape index (κ2) is 9.44. The molecule has 0 saturated heterocycles. The maximum absolute atomic E-state index is 5.96. The molecule has 130 valence electrons. The summed E-state index contributed by atoms with van der Waals surface area (Å²) in [5, 5.41) is 3.49. The van der Waals surface area contributed by atoms with Crippen molar-refractivity contribution in [1.82, 2.24) is 5.32 Å². The minimum absolute atomic E-state index is 0.134. The number of hydrogen-bond donors (Lipinski definition) is 1. The maximum atomic E-state index is 5.96. The zero-order valence-electron chi connectivity index (χ0n) is 14.2. The first-order valence-electron chi connectivity index (χ1n) is 7.98. The van der Waals surface area contributed by atoms with E-state index in [2.05, 4.69) is 49.3 Å². The van der Waals surface area contributed by atoms with Crippen molar-refractivity contribution in [2.24, 2.45) is 0 Å². The molecule has 3 nitrogen and oxygen atoms in total. The van der Waals surface area contributed by atoms with Crippen molar-refractivity contribution >= 4 is 31.9 Å². The van der Waals surface area contributed by atoms with Crippen LogP contribution in [0.2, 0.25) is 0 Å². The quantitative estimate of drug-likeness (QED) is 0.543. The molecule has 0 fully saturated rings. The highest BCUT2D eigenvalue weighted by molar-refractivity contribution is 9.11. The lowest BCUT2D eigenvalue weighted by atomic mass is 10.1. The Bertz CT molecular complexity index is 674. The highest BCUT2D eigenvalue weighted by Gasteiger charge is 2.12. The van der Waals surface area contributed by atoms with Gasteiger partial charge in [0.2, 0.25) is 0 Å². The average Bonchev–Trinajstić information content (AvgIpc) is 2.54. The Balaban J connectivity index is 1.99. The van der Waals surface area contributed by atoms with Gasteiger partial charge in [-0.15, -0.1) is 0 Å². The van der Waals surface area contributed by atoms with Gasteiger partial charge in [0, 0.05) is 16.6 Å². The van der Waals surface area contributed by atoms with E-state index >= 15 is 0 Å². The highest BCUT2D eigenvalue weighted by atomic mass is 79.9. The number of methoxy groups -OCH3 is 1. The molecule has 0 aliphatic heterocycles. The molecule has 2 rings (SSSR count). The lowest BCUT2D eigenvalue weighted by Crippen LogP contribution is -2.18. The fourth-order valence-electron chi connectivity index (χ4n) is 2.47. The Morgan fingerprint density at radius 3 is 2.54 bits per heavy atom. The van der Waals surface area contributed by atoms with Crippen molar-refractivity contribution in [2.45, 2.75) is 32.9 Å². The van der Waals surface area contributed by atoms with Crippen molar-refractivity contribution in [1.29, 1.82) is 0 Å². The molecule has 0 radical (unpaired) electrons. The van der Waals surface area contributed by atoms with E-state index in [4.69, 9.17) is 9.47 Å². The topological polar surface area (TPSA) is 30.5 Å². The summed E-state index contributed by atoms with van der Waals surface area (Å²) in [5.74, 6) is 1.84. The molecule has 0 atom stereocenters. The third kappa shape index (κ3) is 5.50. The van der Waals surface area contributed by atoms with Crippen LogP contribution in [-0.2, 0) is 13.0 Å². The van der Waals surface area contributed by atoms with Gasteiger partial charge in [0.15, 0.2) is 0 Å². The molecule has 0 heterocycles. The molecule has 24 heavy (non-hydrogen) atoms. The zero-order valence-corrected chi connectivity index (χ0v) is 17.4. The van der Waals surface area contributed by atoms with Crippen LogP contribution in [0.4, 0.5) is 0 Å². The molecule has 5 heteroatoms. The summed E-state index contributed by atoms with van der Waals surface area (Å²) < 4.78 is 13.3. The summed E-state index contributed by atoms with van der Waals surface area (Å²) in [4.78, 5) is 0. The van der Waals surface area contributed by atoms with Gasteiger partial charge in [0.1, 0.15) is 11.5 Å². The molecule has 0 amide bonds. The van der Waals surface area contributed by atoms with Gasteiger partial charge in [-0.2, -0.15) is 0 Å². The van der Waals surface area contributed by atoms with Gasteiger partial charge in [-0.3, -0.25) is 0 Å². The van der Waals surface area contributed by atoms with E-state index in [0.717, 1.165) is 45.5 Å². The van der Waals surface area contributed by atoms with E-state index in [1.165, 1.54) is 5.56 Å². The van der Waals surface area contributed by atoms with Crippen LogP contribution in [0.3, 0.4) is 0 Å². The fourth-order valence-corrected chi connectivity index (χ4v) is 3.88. The van der Waals surface area contributed by atoms with Crippen molar-refractivity contribution in [3.05, 3.63) is 56.5 Å². The van der Waals surface area contributed by atoms with Crippen LogP contribution >= 0.6 is 31.9 Å². The fraction of sp³-hybridized carbons (Fsp3) is 0.368. The van der Waals surface area contributed by atoms with Crippen molar-refractivity contribution in [3.8, 4) is 11.5 Å². The Morgan fingerprint density at radius 1 is 1.08 bits per heavy atom. The molecule has 0 saturated carbocycles. The van der Waals surface area contributed by atoms with Gasteiger partial charge < -0.3 is 14.8 Å². The number of ether oxygens (including phenoxy) is 2. The summed E-state index contributed by atoms with van der Waals surface area (Å²) in [6.45, 7) is 5.68. The average molecular weight is 457 g/mol. The van der Waals surface area contributed by atoms with Crippen LogP contribution in [-0.4, -0.2) is 19.8 Å². The third-order valence-electron chi connectivity index (χ3n) is 3.52. The standard InChI is InChI=1S/C19H23Br2NO2/c1-13(2)24-19-15(10-16(20)11-17(19)21)12-22-9-8-14-6-4-5-7-18(14)23-3/h4-7,10-11,13,22H,8-9,12H2,1-3H3. The van der Waals surface area contributed by atoms with Gasteiger partial charge in [-0.25, -0.2) is 0 Å². The largest absolute Gasteiger partial charge is 0.496 e. The minimum atomic E-state index is 0.134. The molecule has 0 aliphatic rings. The van der Waals surface area contributed by atoms with Gasteiger partial charge in [-0.05, 0) is 66.5 Å². The zero-order chi connectivity index (χ0) is 17.5. The summed E-state index contributed by atoms with van der Waals surface area (Å²) in [5.41, 5.74) is 2.34. The Labute approximate surface area is 161 Å². The molecule has 2 aromatic rings. The number of rotatable bonds is 8. The lowest BCUT2D eigenvalue weighted by Gasteiger charge is -2.17. The third-order valence-corrected chi connectivity index (χ3v) is 4.56. The monoisotopic (exact) mass is 455 g/mol. The van der Waals surface area contributed by atoms with Crippen LogP contribution in [0, 0.1) is 0 Å². The summed E-state index contributed by atoms with van der Waals surface area (Å²) in [6, 6.07) is 12.2. The molecule has 2 aromatic carbocycles. The van der Waals surface area contributed by atoms with Crippen molar-refractivity contribution in [3.63, 3.8) is 0 Å². The number of benzene rings is 2. The van der Waals surface area contributed by atoms with Gasteiger partial charge in [0.05, 0.1) is 17.7 Å². The molecular formula is C19H23Br2NO2. The van der Waals surface area contributed by atoms with Crippen LogP contribution in [0.5, 0.6) is 11.5 Å². The van der Waals surface area contributed by atoms with Gasteiger partial charge in [0.25, 0.3) is 0 Å². The number of hydrogen-bond acceptors (Lipinski definition) is 3. The second-order valence-electron chi connectivity index (χ2n) is 5.78. The van der Waals surface area contributed by atoms with Gasteiger partial charge >= 0.3 is 0 Å². The minimum Gasteiger partial charge on any atom is -0.496 e. The van der Waals surface area contributed by atoms with Crippen LogP contribution < -0.4 is 14.8 Å². The van der Waals surface area contributed by atoms with E-state index in [0.29, 0.717) is 0 Å². The number of para-hydroxylation sites is 1. The molecule has 0 spiro atoms. The van der Waals surface area contributed by atoms with Crippen LogP contribution in [0.25, 0.3) is 0 Å². The molecule has 0 unspecified atom stereocenters. The maximum Gasteiger partial charge on any atom is 0.138 e. The van der Waals surface area contributed by atoms with E-state index < -0.39 is 0 Å². The number of halogens is 2. The SMILES string of the molecule is COc1ccccc1CCNCc1cc(Br)cc(Br)c1OC(C)C. The molecule has 1 N–H and O–H groups in total. The predicted molar refractivity (Wildman–Crippen MR) is 106 cm³/mol. The highest BCUT2D eigenvalue weighted by Crippen LogP contribution is 2.33. The van der Waals surface area contributed by atoms with Gasteiger partial charge in [-0.1, -0.05) is 34.1 Å². The Hall–Kier alpha value is -1.04. The second-order valence-corrected chi connectivity index (χ2v) is 7.55. The Morgan fingerprint density at radius 2 is 1.83 bits per heavy atom. The molecule has 0 aromatic heterocycles. The summed E-state index contributed by atoms with van der Waals surface area (Å²) in [6.07, 6.45) is 1.05. The molecular weight excluding hydrogens is 434 g/mol. The molecule has 0 bridgehead atoms. The lowest BCUT2D eigenvalue weighted by molar-refractivity contribution is 0.238. The van der Waals surface area contributed by atoms with E-state index in [9.17, 15) is 0 Å². The first-order valence-corrected chi connectivity index (χ1v) is 9.57. The van der Waals surface area contributed by atoms with E-state index in [1.807, 2.05) is 38.1 Å². The van der Waals surface area contributed by atoms with E-state index in [-0.39, 0.29) is 6.10 Å². The Kier molecular flexibility index (Phi) is 7.59. The van der Waals surface area contributed by atoms with Crippen molar-refractivity contribution < 1.29 is 9.47 Å². The van der Waals surface area contributed by atoms with Crippen molar-refractivity contribution in [2.75, 3.05) is 13.7 Å². The summed E-state index contributed by atoms with van der Waals surface area (Å²) in [7, 11) is 1.71. The van der Waals surface area contributed by atoms with E-state index in [1.54, 1.807) is 7.11 Å². The van der Waals surface area contributed by atoms with Crippen LogP contribution in [0.1, 0.15) is 25.0 Å². The predicted octanol–water partition coefficient (Wildman–Crippen LogP) is 5.34. The number of nitrogens with one attached hydrogen (secondary N) is 1. The van der Waals surface area contributed by atoms with Crippen LogP contribution in [0.15, 0.2) is 45.3 Å². The first-order chi connectivity index (χ1) is 11.5. The smallest absolute Gasteiger partial charge is 0.138 e. The summed E-state index contributed by atoms with van der Waals surface area (Å²) >= 11 is 7.14.